The van der Waals surface area contributed by atoms with Crippen molar-refractivity contribution in [2.75, 3.05) is 6.61 Å². The number of nitrogens with two attached hydrogens (primary N) is 1. The molecule has 2 aromatic rings. The zero-order valence-electron chi connectivity index (χ0n) is 19.6. The third kappa shape index (κ3) is 6.98. The van der Waals surface area contributed by atoms with E-state index >= 15 is 0 Å². The van der Waals surface area contributed by atoms with Crippen molar-refractivity contribution in [1.29, 1.82) is 0 Å². The zero-order chi connectivity index (χ0) is 24.9. The lowest BCUT2D eigenvalue weighted by molar-refractivity contribution is -0.143. The Bertz CT molecular complexity index is 1000. The van der Waals surface area contributed by atoms with Gasteiger partial charge < -0.3 is 15.8 Å². The van der Waals surface area contributed by atoms with Gasteiger partial charge in [0.15, 0.2) is 11.6 Å². The van der Waals surface area contributed by atoms with E-state index in [-0.39, 0.29) is 24.5 Å². The SMILES string of the molecule is CCOC(=O)C[C@H](NC(=O)[C@@H](N)CC(C)C)c1cc(-c2c(C)cc(Cl)cc2C)cc(F)c1F. The smallest absolute Gasteiger partial charge is 0.308 e. The molecule has 0 fully saturated rings. The number of carbonyl (C=O) groups excluding carboxylic acids is 2. The summed E-state index contributed by atoms with van der Waals surface area (Å²) in [5.74, 6) is -3.28. The summed E-state index contributed by atoms with van der Waals surface area (Å²) in [6.45, 7) is 9.22. The number of amides is 1. The van der Waals surface area contributed by atoms with E-state index < -0.39 is 35.6 Å². The first-order chi connectivity index (χ1) is 15.4. The van der Waals surface area contributed by atoms with Crippen LogP contribution in [-0.2, 0) is 14.3 Å². The predicted molar refractivity (Wildman–Crippen MR) is 126 cm³/mol. The van der Waals surface area contributed by atoms with Crippen LogP contribution in [0.2, 0.25) is 5.02 Å². The number of nitrogens with one attached hydrogen (secondary N) is 1. The summed E-state index contributed by atoms with van der Waals surface area (Å²) in [6.07, 6.45) is 0.0321. The number of ether oxygens (including phenoxy) is 1. The standard InChI is InChI=1S/C25H31ClF2N2O3/c1-6-33-22(31)12-21(30-25(32)20(29)7-13(2)3)18-10-16(11-19(27)24(18)28)23-14(4)8-17(26)9-15(23)5/h8-11,13,20-21H,6-7,12,29H2,1-5H3,(H,30,32)/t20-,21-/m0/s1. The second-order valence-corrected chi connectivity index (χ2v) is 9.02. The largest absolute Gasteiger partial charge is 0.466 e. The highest BCUT2D eigenvalue weighted by atomic mass is 35.5. The van der Waals surface area contributed by atoms with E-state index in [0.29, 0.717) is 22.6 Å². The summed E-state index contributed by atoms with van der Waals surface area (Å²) in [5.41, 5.74) is 8.47. The molecule has 3 N–H and O–H groups in total. The maximum atomic E-state index is 15.0. The normalized spacial score (nSPS) is 13.0. The average molecular weight is 481 g/mol. The second kappa shape index (κ2) is 11.6. The van der Waals surface area contributed by atoms with E-state index in [1.807, 2.05) is 27.7 Å². The van der Waals surface area contributed by atoms with Gasteiger partial charge in [0.2, 0.25) is 5.91 Å². The molecular weight excluding hydrogens is 450 g/mol. The Balaban J connectivity index is 2.55. The van der Waals surface area contributed by atoms with Crippen LogP contribution >= 0.6 is 11.6 Å². The molecule has 0 saturated carbocycles. The number of rotatable bonds is 9. The van der Waals surface area contributed by atoms with Gasteiger partial charge >= 0.3 is 5.97 Å². The van der Waals surface area contributed by atoms with Crippen LogP contribution in [0.5, 0.6) is 0 Å². The molecule has 8 heteroatoms. The maximum Gasteiger partial charge on any atom is 0.308 e. The highest BCUT2D eigenvalue weighted by molar-refractivity contribution is 6.30. The molecule has 0 bridgehead atoms. The molecule has 0 saturated heterocycles. The molecule has 0 unspecified atom stereocenters. The van der Waals surface area contributed by atoms with Gasteiger partial charge in [0, 0.05) is 10.6 Å². The number of carbonyl (C=O) groups is 2. The quantitative estimate of drug-likeness (QED) is 0.472. The molecule has 0 heterocycles. The van der Waals surface area contributed by atoms with Crippen molar-refractivity contribution in [2.45, 2.75) is 59.5 Å². The van der Waals surface area contributed by atoms with E-state index in [4.69, 9.17) is 22.1 Å². The number of aryl methyl sites for hydroxylation is 2. The lowest BCUT2D eigenvalue weighted by Crippen LogP contribution is -2.43. The summed E-state index contributed by atoms with van der Waals surface area (Å²) in [4.78, 5) is 24.9. The van der Waals surface area contributed by atoms with Gasteiger partial charge in [0.05, 0.1) is 25.1 Å². The van der Waals surface area contributed by atoms with E-state index in [1.54, 1.807) is 19.1 Å². The third-order valence-corrected chi connectivity index (χ3v) is 5.49. The van der Waals surface area contributed by atoms with Crippen LogP contribution in [0.15, 0.2) is 24.3 Å². The molecule has 0 aliphatic carbocycles. The minimum Gasteiger partial charge on any atom is -0.466 e. The van der Waals surface area contributed by atoms with Gasteiger partial charge in [0.25, 0.3) is 0 Å². The fourth-order valence-corrected chi connectivity index (χ4v) is 4.22. The highest BCUT2D eigenvalue weighted by Gasteiger charge is 2.27. The Kier molecular flexibility index (Phi) is 9.37. The average Bonchev–Trinajstić information content (AvgIpc) is 2.68. The van der Waals surface area contributed by atoms with Gasteiger partial charge in [-0.05, 0) is 79.6 Å². The van der Waals surface area contributed by atoms with Gasteiger partial charge in [-0.15, -0.1) is 0 Å². The van der Waals surface area contributed by atoms with Gasteiger partial charge in [-0.25, -0.2) is 8.78 Å². The Morgan fingerprint density at radius 2 is 1.73 bits per heavy atom. The molecule has 0 radical (unpaired) electrons. The highest BCUT2D eigenvalue weighted by Crippen LogP contribution is 2.34. The van der Waals surface area contributed by atoms with Crippen LogP contribution in [0.3, 0.4) is 0 Å². The van der Waals surface area contributed by atoms with Crippen LogP contribution < -0.4 is 11.1 Å². The number of benzene rings is 2. The predicted octanol–water partition coefficient (Wildman–Crippen LogP) is 5.39. The van der Waals surface area contributed by atoms with E-state index in [9.17, 15) is 18.4 Å². The summed E-state index contributed by atoms with van der Waals surface area (Å²) in [6, 6.07) is 3.99. The Hall–Kier alpha value is -2.51. The minimum absolute atomic E-state index is 0.117. The van der Waals surface area contributed by atoms with Crippen molar-refractivity contribution in [3.63, 3.8) is 0 Å². The van der Waals surface area contributed by atoms with Crippen molar-refractivity contribution in [1.82, 2.24) is 5.32 Å². The monoisotopic (exact) mass is 480 g/mol. The summed E-state index contributed by atoms with van der Waals surface area (Å²) >= 11 is 6.11. The first-order valence-electron chi connectivity index (χ1n) is 10.9. The molecule has 33 heavy (non-hydrogen) atoms. The molecule has 0 aliphatic rings. The summed E-state index contributed by atoms with van der Waals surface area (Å²) < 4.78 is 34.7. The molecule has 0 aromatic heterocycles. The summed E-state index contributed by atoms with van der Waals surface area (Å²) in [5, 5.41) is 3.15. The molecular formula is C25H31ClF2N2O3. The van der Waals surface area contributed by atoms with E-state index in [0.717, 1.165) is 17.2 Å². The Morgan fingerprint density at radius 3 is 2.27 bits per heavy atom. The van der Waals surface area contributed by atoms with Crippen molar-refractivity contribution < 1.29 is 23.1 Å². The Morgan fingerprint density at radius 1 is 1.12 bits per heavy atom. The summed E-state index contributed by atoms with van der Waals surface area (Å²) in [7, 11) is 0. The first kappa shape index (κ1) is 26.7. The lowest BCUT2D eigenvalue weighted by Gasteiger charge is -2.23. The number of esters is 1. The van der Waals surface area contributed by atoms with Gasteiger partial charge in [-0.3, -0.25) is 9.59 Å². The van der Waals surface area contributed by atoms with Gasteiger partial charge in [0.1, 0.15) is 0 Å². The minimum atomic E-state index is -1.16. The van der Waals surface area contributed by atoms with Crippen molar-refractivity contribution >= 4 is 23.5 Å². The van der Waals surface area contributed by atoms with E-state index in [2.05, 4.69) is 5.32 Å². The zero-order valence-corrected chi connectivity index (χ0v) is 20.4. The molecule has 5 nitrogen and oxygen atoms in total. The second-order valence-electron chi connectivity index (χ2n) is 8.58. The fourth-order valence-electron chi connectivity index (χ4n) is 3.89. The maximum absolute atomic E-state index is 15.0. The fraction of sp³-hybridized carbons (Fsp3) is 0.440. The lowest BCUT2D eigenvalue weighted by atomic mass is 9.92. The molecule has 2 rings (SSSR count). The van der Waals surface area contributed by atoms with Crippen LogP contribution in [0, 0.1) is 31.4 Å². The van der Waals surface area contributed by atoms with Crippen LogP contribution in [0.25, 0.3) is 11.1 Å². The van der Waals surface area contributed by atoms with E-state index in [1.165, 1.54) is 6.07 Å². The number of halogens is 3. The van der Waals surface area contributed by atoms with Crippen LogP contribution in [-0.4, -0.2) is 24.5 Å². The third-order valence-electron chi connectivity index (χ3n) is 5.27. The molecule has 2 atom stereocenters. The molecule has 0 spiro atoms. The number of hydrogen-bond donors (Lipinski definition) is 2. The topological polar surface area (TPSA) is 81.4 Å². The van der Waals surface area contributed by atoms with Crippen molar-refractivity contribution in [2.24, 2.45) is 11.7 Å². The van der Waals surface area contributed by atoms with Gasteiger partial charge in [-0.1, -0.05) is 25.4 Å². The van der Waals surface area contributed by atoms with Gasteiger partial charge in [-0.2, -0.15) is 0 Å². The first-order valence-corrected chi connectivity index (χ1v) is 11.3. The molecule has 0 aliphatic heterocycles. The van der Waals surface area contributed by atoms with Crippen LogP contribution in [0.4, 0.5) is 8.78 Å². The molecule has 180 valence electrons. The van der Waals surface area contributed by atoms with Crippen molar-refractivity contribution in [3.8, 4) is 11.1 Å². The van der Waals surface area contributed by atoms with Crippen LogP contribution in [0.1, 0.15) is 56.3 Å². The Labute approximate surface area is 198 Å². The molecule has 1 amide bonds. The van der Waals surface area contributed by atoms with Crippen molar-refractivity contribution in [3.05, 3.63) is 57.6 Å². The number of hydrogen-bond acceptors (Lipinski definition) is 4. The molecule has 2 aromatic carbocycles.